The Bertz CT molecular complexity index is 591. The zero-order chi connectivity index (χ0) is 14.8. The standard InChI is InChI=1S/C15H24N6/c1-4-13-11(2)14(18-17-13)9-21-7-5-12(6-8-21)15-19-16-10-20(15)3/h10,12H,4-9H2,1-3H3,(H,17,18). The summed E-state index contributed by atoms with van der Waals surface area (Å²) in [5.41, 5.74) is 3.79. The largest absolute Gasteiger partial charge is 0.320 e. The highest BCUT2D eigenvalue weighted by Crippen LogP contribution is 2.27. The molecule has 0 atom stereocenters. The Kier molecular flexibility index (Phi) is 4.05. The van der Waals surface area contributed by atoms with Crippen LogP contribution < -0.4 is 0 Å². The molecule has 0 aromatic carbocycles. The summed E-state index contributed by atoms with van der Waals surface area (Å²) in [6.45, 7) is 7.52. The summed E-state index contributed by atoms with van der Waals surface area (Å²) in [6, 6.07) is 0. The highest BCUT2D eigenvalue weighted by molar-refractivity contribution is 5.23. The third kappa shape index (κ3) is 2.85. The number of aromatic nitrogens is 5. The van der Waals surface area contributed by atoms with Gasteiger partial charge in [0.15, 0.2) is 0 Å². The number of hydrogen-bond acceptors (Lipinski definition) is 4. The highest BCUT2D eigenvalue weighted by atomic mass is 15.3. The minimum Gasteiger partial charge on any atom is -0.320 e. The summed E-state index contributed by atoms with van der Waals surface area (Å²) in [5.74, 6) is 1.67. The summed E-state index contributed by atoms with van der Waals surface area (Å²) >= 11 is 0. The molecule has 3 rings (SSSR count). The van der Waals surface area contributed by atoms with Crippen molar-refractivity contribution in [2.45, 2.75) is 45.6 Å². The predicted molar refractivity (Wildman–Crippen MR) is 81.0 cm³/mol. The quantitative estimate of drug-likeness (QED) is 0.931. The number of rotatable bonds is 4. The Balaban J connectivity index is 1.58. The van der Waals surface area contributed by atoms with Crippen molar-refractivity contribution in [3.63, 3.8) is 0 Å². The third-order valence-electron chi connectivity index (χ3n) is 4.63. The minimum absolute atomic E-state index is 0.544. The molecule has 2 aromatic heterocycles. The number of hydrogen-bond donors (Lipinski definition) is 1. The van der Waals surface area contributed by atoms with Gasteiger partial charge in [0.05, 0.1) is 11.4 Å². The zero-order valence-electron chi connectivity index (χ0n) is 13.1. The van der Waals surface area contributed by atoms with E-state index in [1.165, 1.54) is 17.0 Å². The van der Waals surface area contributed by atoms with Crippen molar-refractivity contribution in [1.82, 2.24) is 29.9 Å². The topological polar surface area (TPSA) is 62.6 Å². The van der Waals surface area contributed by atoms with E-state index >= 15 is 0 Å². The van der Waals surface area contributed by atoms with Crippen molar-refractivity contribution in [2.24, 2.45) is 7.05 Å². The van der Waals surface area contributed by atoms with Crippen LogP contribution in [0.3, 0.4) is 0 Å². The molecular formula is C15H24N6. The lowest BCUT2D eigenvalue weighted by Crippen LogP contribution is -2.33. The van der Waals surface area contributed by atoms with Gasteiger partial charge in [-0.3, -0.25) is 10.00 Å². The zero-order valence-corrected chi connectivity index (χ0v) is 13.1. The van der Waals surface area contributed by atoms with Crippen molar-refractivity contribution in [3.8, 4) is 0 Å². The van der Waals surface area contributed by atoms with Crippen molar-refractivity contribution < 1.29 is 0 Å². The maximum Gasteiger partial charge on any atom is 0.135 e. The molecule has 1 N–H and O–H groups in total. The minimum atomic E-state index is 0.544. The number of nitrogens with one attached hydrogen (secondary N) is 1. The predicted octanol–water partition coefficient (Wildman–Crippen LogP) is 1.79. The summed E-state index contributed by atoms with van der Waals surface area (Å²) in [7, 11) is 2.03. The Hall–Kier alpha value is -1.69. The van der Waals surface area contributed by atoms with Crippen LogP contribution >= 0.6 is 0 Å². The second-order valence-electron chi connectivity index (χ2n) is 5.98. The molecule has 0 amide bonds. The van der Waals surface area contributed by atoms with E-state index < -0.39 is 0 Å². The smallest absolute Gasteiger partial charge is 0.135 e. The maximum atomic E-state index is 4.39. The van der Waals surface area contributed by atoms with Crippen LogP contribution in [0.15, 0.2) is 6.33 Å². The lowest BCUT2D eigenvalue weighted by atomic mass is 9.95. The van der Waals surface area contributed by atoms with E-state index in [0.717, 1.165) is 44.7 Å². The maximum absolute atomic E-state index is 4.39. The summed E-state index contributed by atoms with van der Waals surface area (Å²) in [4.78, 5) is 2.51. The fraction of sp³-hybridized carbons (Fsp3) is 0.667. The first-order valence-electron chi connectivity index (χ1n) is 7.78. The second kappa shape index (κ2) is 5.97. The van der Waals surface area contributed by atoms with Crippen LogP contribution in [0.5, 0.6) is 0 Å². The van der Waals surface area contributed by atoms with E-state index in [2.05, 4.69) is 39.1 Å². The number of nitrogens with zero attached hydrogens (tertiary/aromatic N) is 5. The molecule has 3 heterocycles. The molecule has 21 heavy (non-hydrogen) atoms. The van der Waals surface area contributed by atoms with Crippen LogP contribution in [0.25, 0.3) is 0 Å². The molecule has 0 aliphatic carbocycles. The van der Waals surface area contributed by atoms with Gasteiger partial charge >= 0.3 is 0 Å². The molecule has 6 nitrogen and oxygen atoms in total. The number of H-pyrrole nitrogens is 1. The van der Waals surface area contributed by atoms with Gasteiger partial charge in [-0.1, -0.05) is 6.92 Å². The van der Waals surface area contributed by atoms with Crippen molar-refractivity contribution in [2.75, 3.05) is 13.1 Å². The van der Waals surface area contributed by atoms with Gasteiger partial charge in [-0.2, -0.15) is 5.10 Å². The summed E-state index contributed by atoms with van der Waals surface area (Å²) in [5, 5.41) is 15.8. The van der Waals surface area contributed by atoms with Gasteiger partial charge in [0, 0.05) is 19.5 Å². The molecule has 114 valence electrons. The first kappa shape index (κ1) is 14.3. The average molecular weight is 288 g/mol. The van der Waals surface area contributed by atoms with Crippen LogP contribution in [0, 0.1) is 6.92 Å². The van der Waals surface area contributed by atoms with Crippen molar-refractivity contribution in [1.29, 1.82) is 0 Å². The number of aromatic amines is 1. The van der Waals surface area contributed by atoms with Gasteiger partial charge in [-0.15, -0.1) is 10.2 Å². The Morgan fingerprint density at radius 2 is 2.10 bits per heavy atom. The Labute approximate surface area is 125 Å². The van der Waals surface area contributed by atoms with Gasteiger partial charge in [0.2, 0.25) is 0 Å². The van der Waals surface area contributed by atoms with Gasteiger partial charge in [-0.25, -0.2) is 0 Å². The highest BCUT2D eigenvalue weighted by Gasteiger charge is 2.24. The molecule has 0 bridgehead atoms. The van der Waals surface area contributed by atoms with Crippen molar-refractivity contribution >= 4 is 0 Å². The van der Waals surface area contributed by atoms with Crippen LogP contribution in [-0.2, 0) is 20.0 Å². The van der Waals surface area contributed by atoms with E-state index in [0.29, 0.717) is 5.92 Å². The lowest BCUT2D eigenvalue weighted by Gasteiger charge is -2.31. The van der Waals surface area contributed by atoms with E-state index in [4.69, 9.17) is 0 Å². The summed E-state index contributed by atoms with van der Waals surface area (Å²) in [6.07, 6.45) is 5.10. The number of likely N-dealkylation sites (tertiary alicyclic amines) is 1. The summed E-state index contributed by atoms with van der Waals surface area (Å²) < 4.78 is 2.05. The first-order chi connectivity index (χ1) is 10.2. The van der Waals surface area contributed by atoms with Crippen molar-refractivity contribution in [3.05, 3.63) is 29.1 Å². The lowest BCUT2D eigenvalue weighted by molar-refractivity contribution is 0.198. The molecule has 6 heteroatoms. The molecule has 2 aromatic rings. The van der Waals surface area contributed by atoms with Crippen LogP contribution in [0.4, 0.5) is 0 Å². The van der Waals surface area contributed by atoms with E-state index in [1.54, 1.807) is 6.33 Å². The molecule has 0 unspecified atom stereocenters. The van der Waals surface area contributed by atoms with Gasteiger partial charge < -0.3 is 4.57 Å². The molecule has 0 saturated carbocycles. The first-order valence-corrected chi connectivity index (χ1v) is 7.78. The second-order valence-corrected chi connectivity index (χ2v) is 5.98. The van der Waals surface area contributed by atoms with E-state index in [9.17, 15) is 0 Å². The average Bonchev–Trinajstić information content (AvgIpc) is 3.07. The number of aryl methyl sites for hydroxylation is 2. The molecule has 1 saturated heterocycles. The fourth-order valence-corrected chi connectivity index (χ4v) is 3.21. The fourth-order valence-electron chi connectivity index (χ4n) is 3.21. The van der Waals surface area contributed by atoms with Crippen LogP contribution in [0.2, 0.25) is 0 Å². The van der Waals surface area contributed by atoms with Crippen LogP contribution in [-0.4, -0.2) is 43.0 Å². The molecule has 1 aliphatic rings. The Morgan fingerprint density at radius 1 is 1.33 bits per heavy atom. The molecule has 0 radical (unpaired) electrons. The van der Waals surface area contributed by atoms with Gasteiger partial charge in [0.25, 0.3) is 0 Å². The normalized spacial score (nSPS) is 17.5. The van der Waals surface area contributed by atoms with Gasteiger partial charge in [-0.05, 0) is 44.8 Å². The molecule has 0 spiro atoms. The Morgan fingerprint density at radius 3 is 2.67 bits per heavy atom. The SMILES string of the molecule is CCc1n[nH]c(CN2CCC(c3nncn3C)CC2)c1C. The number of piperidine rings is 1. The molecular weight excluding hydrogens is 264 g/mol. The third-order valence-corrected chi connectivity index (χ3v) is 4.63. The molecule has 1 aliphatic heterocycles. The van der Waals surface area contributed by atoms with Crippen LogP contribution in [0.1, 0.15) is 48.5 Å². The molecule has 1 fully saturated rings. The van der Waals surface area contributed by atoms with E-state index in [1.807, 2.05) is 11.6 Å². The van der Waals surface area contributed by atoms with Gasteiger partial charge in [0.1, 0.15) is 12.2 Å². The van der Waals surface area contributed by atoms with E-state index in [-0.39, 0.29) is 0 Å². The monoisotopic (exact) mass is 288 g/mol.